The number of alkyl halides is 1. The van der Waals surface area contributed by atoms with E-state index in [0.29, 0.717) is 0 Å². The van der Waals surface area contributed by atoms with E-state index in [2.05, 4.69) is 0 Å². The van der Waals surface area contributed by atoms with Gasteiger partial charge < -0.3 is 21.1 Å². The second kappa shape index (κ2) is 5.86. The lowest BCUT2D eigenvalue weighted by Crippen LogP contribution is -2.21. The normalized spacial score (nSPS) is 14.3. The van der Waals surface area contributed by atoms with Gasteiger partial charge in [-0.05, 0) is 24.1 Å². The van der Waals surface area contributed by atoms with E-state index in [9.17, 15) is 15.0 Å². The Morgan fingerprint density at radius 2 is 2.06 bits per heavy atom. The van der Waals surface area contributed by atoms with Gasteiger partial charge in [0.1, 0.15) is 6.10 Å². The highest BCUT2D eigenvalue weighted by molar-refractivity contribution is 6.17. The molecule has 94 valence electrons. The van der Waals surface area contributed by atoms with Gasteiger partial charge in [-0.15, -0.1) is 11.6 Å². The summed E-state index contributed by atoms with van der Waals surface area (Å²) >= 11 is 5.45. The van der Waals surface area contributed by atoms with E-state index in [4.69, 9.17) is 22.4 Å². The minimum atomic E-state index is -1.29. The van der Waals surface area contributed by atoms with Crippen LogP contribution in [0.25, 0.3) is 0 Å². The van der Waals surface area contributed by atoms with Crippen molar-refractivity contribution in [3.05, 3.63) is 29.3 Å². The summed E-state index contributed by atoms with van der Waals surface area (Å²) in [4.78, 5) is 11.0. The van der Waals surface area contributed by atoms with Crippen LogP contribution in [0.3, 0.4) is 0 Å². The highest BCUT2D eigenvalue weighted by atomic mass is 35.5. The molecule has 0 radical (unpaired) electrons. The van der Waals surface area contributed by atoms with Crippen LogP contribution < -0.4 is 5.73 Å². The molecule has 0 aromatic heterocycles. The van der Waals surface area contributed by atoms with E-state index in [0.717, 1.165) is 0 Å². The number of carbonyl (C=O) groups is 1. The summed E-state index contributed by atoms with van der Waals surface area (Å²) in [6.45, 7) is 0. The lowest BCUT2D eigenvalue weighted by molar-refractivity contribution is 0.0160. The van der Waals surface area contributed by atoms with Crippen LogP contribution in [0.4, 0.5) is 5.69 Å². The highest BCUT2D eigenvalue weighted by Gasteiger charge is 2.23. The molecule has 2 atom stereocenters. The number of anilines is 1. The number of aromatic carboxylic acids is 1. The van der Waals surface area contributed by atoms with E-state index >= 15 is 0 Å². The molecule has 0 saturated carbocycles. The Kier molecular flexibility index (Phi) is 4.74. The van der Waals surface area contributed by atoms with Crippen molar-refractivity contribution in [1.82, 2.24) is 0 Å². The fourth-order valence-electron chi connectivity index (χ4n) is 1.49. The van der Waals surface area contributed by atoms with Crippen molar-refractivity contribution in [3.8, 4) is 0 Å². The number of aliphatic hydroxyl groups excluding tert-OH is 2. The Morgan fingerprint density at radius 3 is 2.59 bits per heavy atom. The molecule has 6 heteroatoms. The third-order valence-electron chi connectivity index (χ3n) is 2.40. The van der Waals surface area contributed by atoms with Crippen LogP contribution >= 0.6 is 11.6 Å². The molecule has 5 nitrogen and oxygen atoms in total. The van der Waals surface area contributed by atoms with E-state index in [-0.39, 0.29) is 29.1 Å². The number of benzene rings is 1. The molecule has 1 aromatic rings. The van der Waals surface area contributed by atoms with Crippen LogP contribution in [-0.4, -0.2) is 33.3 Å². The fraction of sp³-hybridized carbons (Fsp3) is 0.364. The van der Waals surface area contributed by atoms with Crippen LogP contribution in [0.15, 0.2) is 18.2 Å². The van der Waals surface area contributed by atoms with Crippen LogP contribution in [-0.2, 0) is 0 Å². The molecule has 1 aromatic carbocycles. The molecule has 0 fully saturated rings. The van der Waals surface area contributed by atoms with Crippen molar-refractivity contribution < 1.29 is 20.1 Å². The summed E-state index contributed by atoms with van der Waals surface area (Å²) in [6.07, 6.45) is -2.22. The maximum absolute atomic E-state index is 11.0. The Hall–Kier alpha value is -1.30. The summed E-state index contributed by atoms with van der Waals surface area (Å²) in [7, 11) is 0. The van der Waals surface area contributed by atoms with Crippen LogP contribution in [0, 0.1) is 0 Å². The summed E-state index contributed by atoms with van der Waals surface area (Å²) in [5.41, 5.74) is 5.76. The average molecular weight is 260 g/mol. The maximum Gasteiger partial charge on any atom is 0.336 e. The van der Waals surface area contributed by atoms with E-state index in [1.807, 2.05) is 0 Å². The first-order chi connectivity index (χ1) is 7.97. The average Bonchev–Trinajstić information content (AvgIpc) is 2.28. The predicted molar refractivity (Wildman–Crippen MR) is 64.1 cm³/mol. The lowest BCUT2D eigenvalue weighted by atomic mass is 9.97. The Labute approximate surface area is 103 Å². The molecule has 0 bridgehead atoms. The van der Waals surface area contributed by atoms with Gasteiger partial charge in [-0.1, -0.05) is 6.07 Å². The number of hydrogen-bond donors (Lipinski definition) is 4. The maximum atomic E-state index is 11.0. The first-order valence-corrected chi connectivity index (χ1v) is 5.55. The lowest BCUT2D eigenvalue weighted by Gasteiger charge is -2.19. The van der Waals surface area contributed by atoms with Gasteiger partial charge >= 0.3 is 5.97 Å². The number of hydrogen-bond acceptors (Lipinski definition) is 4. The second-order valence-corrected chi connectivity index (χ2v) is 4.02. The predicted octanol–water partition coefficient (Wildman–Crippen LogP) is 0.990. The van der Waals surface area contributed by atoms with Crippen molar-refractivity contribution in [3.63, 3.8) is 0 Å². The summed E-state index contributed by atoms with van der Waals surface area (Å²) in [5.74, 6) is -1.03. The van der Waals surface area contributed by atoms with Gasteiger partial charge in [-0.3, -0.25) is 0 Å². The van der Waals surface area contributed by atoms with Gasteiger partial charge in [-0.25, -0.2) is 4.79 Å². The minimum Gasteiger partial charge on any atom is -0.478 e. The zero-order valence-electron chi connectivity index (χ0n) is 9.01. The second-order valence-electron chi connectivity index (χ2n) is 3.64. The van der Waals surface area contributed by atoms with E-state index < -0.39 is 18.2 Å². The first-order valence-electron chi connectivity index (χ1n) is 5.02. The molecule has 2 unspecified atom stereocenters. The smallest absolute Gasteiger partial charge is 0.336 e. The SMILES string of the molecule is Nc1ccc(C(O)C(O)CCCl)c(C(=O)O)c1. The largest absolute Gasteiger partial charge is 0.478 e. The number of aliphatic hydroxyl groups is 2. The van der Waals surface area contributed by atoms with Crippen LogP contribution in [0.1, 0.15) is 28.4 Å². The molecule has 0 saturated heterocycles. The quantitative estimate of drug-likeness (QED) is 0.466. The van der Waals surface area contributed by atoms with Crippen LogP contribution in [0.2, 0.25) is 0 Å². The van der Waals surface area contributed by atoms with Crippen molar-refractivity contribution in [2.75, 3.05) is 11.6 Å². The molecule has 0 aliphatic carbocycles. The van der Waals surface area contributed by atoms with Crippen LogP contribution in [0.5, 0.6) is 0 Å². The Morgan fingerprint density at radius 1 is 1.41 bits per heavy atom. The van der Waals surface area contributed by atoms with E-state index in [1.165, 1.54) is 18.2 Å². The van der Waals surface area contributed by atoms with Gasteiger partial charge in [0, 0.05) is 11.6 Å². The number of halogens is 1. The highest BCUT2D eigenvalue weighted by Crippen LogP contribution is 2.25. The van der Waals surface area contributed by atoms with E-state index in [1.54, 1.807) is 0 Å². The third-order valence-corrected chi connectivity index (χ3v) is 2.61. The Balaban J connectivity index is 3.08. The molecule has 17 heavy (non-hydrogen) atoms. The number of nitrogen functional groups attached to an aromatic ring is 1. The number of nitrogens with two attached hydrogens (primary N) is 1. The zero-order valence-corrected chi connectivity index (χ0v) is 9.76. The number of carboxylic acids is 1. The van der Waals surface area contributed by atoms with Gasteiger partial charge in [0.2, 0.25) is 0 Å². The standard InChI is InChI=1S/C11H14ClNO4/c12-4-3-9(14)10(15)7-2-1-6(13)5-8(7)11(16)17/h1-2,5,9-10,14-15H,3-4,13H2,(H,16,17). The fourth-order valence-corrected chi connectivity index (χ4v) is 1.72. The van der Waals surface area contributed by atoms with Crippen molar-refractivity contribution in [2.24, 2.45) is 0 Å². The van der Waals surface area contributed by atoms with Gasteiger partial charge in [0.05, 0.1) is 11.7 Å². The molecule has 0 aliphatic rings. The van der Waals surface area contributed by atoms with Gasteiger partial charge in [-0.2, -0.15) is 0 Å². The number of rotatable bonds is 5. The monoisotopic (exact) mass is 259 g/mol. The molecule has 0 spiro atoms. The third kappa shape index (κ3) is 3.33. The summed E-state index contributed by atoms with van der Waals surface area (Å²) < 4.78 is 0. The zero-order chi connectivity index (χ0) is 13.0. The van der Waals surface area contributed by atoms with Crippen molar-refractivity contribution in [1.29, 1.82) is 0 Å². The molecular weight excluding hydrogens is 246 g/mol. The summed E-state index contributed by atoms with van der Waals surface area (Å²) in [5, 5.41) is 28.4. The molecule has 1 rings (SSSR count). The molecule has 0 heterocycles. The first kappa shape index (κ1) is 13.8. The Bertz CT molecular complexity index is 410. The molecular formula is C11H14ClNO4. The van der Waals surface area contributed by atoms with Gasteiger partial charge in [0.25, 0.3) is 0 Å². The van der Waals surface area contributed by atoms with Crippen molar-refractivity contribution >= 4 is 23.3 Å². The molecule has 0 amide bonds. The minimum absolute atomic E-state index is 0.119. The molecule has 0 aliphatic heterocycles. The van der Waals surface area contributed by atoms with Crippen molar-refractivity contribution in [2.45, 2.75) is 18.6 Å². The molecule has 5 N–H and O–H groups in total. The van der Waals surface area contributed by atoms with Gasteiger partial charge in [0.15, 0.2) is 0 Å². The topological polar surface area (TPSA) is 104 Å². The summed E-state index contributed by atoms with van der Waals surface area (Å²) in [6, 6.07) is 4.10. The number of carboxylic acid groups (broad SMARTS) is 1.